The molecule has 0 aromatic rings. The highest BCUT2D eigenvalue weighted by atomic mass is 16.5. The fourth-order valence-corrected chi connectivity index (χ4v) is 2.99. The summed E-state index contributed by atoms with van der Waals surface area (Å²) in [6, 6.07) is 0.443. The number of ether oxygens (including phenoxy) is 1. The van der Waals surface area contributed by atoms with E-state index in [1.807, 2.05) is 0 Å². The van der Waals surface area contributed by atoms with Gasteiger partial charge in [0.25, 0.3) is 0 Å². The van der Waals surface area contributed by atoms with Crippen molar-refractivity contribution in [1.82, 2.24) is 0 Å². The Balaban J connectivity index is 1.63. The second-order valence-corrected chi connectivity index (χ2v) is 5.39. The molecule has 2 unspecified atom stereocenters. The van der Waals surface area contributed by atoms with Gasteiger partial charge in [0.15, 0.2) is 0 Å². The molecule has 2 fully saturated rings. The van der Waals surface area contributed by atoms with Crippen molar-refractivity contribution in [3.63, 3.8) is 0 Å². The Labute approximate surface area is 93.6 Å². The molecule has 0 heterocycles. The molecule has 0 aliphatic heterocycles. The fraction of sp³-hybridized carbons (Fsp3) is 1.00. The van der Waals surface area contributed by atoms with E-state index in [2.05, 4.69) is 0 Å². The third kappa shape index (κ3) is 3.76. The SMILES string of the molecule is NC1CCCC(COC2CCCCC2)C1. The fourth-order valence-electron chi connectivity index (χ4n) is 2.99. The van der Waals surface area contributed by atoms with E-state index in [1.54, 1.807) is 0 Å². The second kappa shape index (κ2) is 5.86. The van der Waals surface area contributed by atoms with Crippen LogP contribution in [0.15, 0.2) is 0 Å². The van der Waals surface area contributed by atoms with E-state index in [4.69, 9.17) is 10.5 Å². The highest BCUT2D eigenvalue weighted by Crippen LogP contribution is 2.26. The lowest BCUT2D eigenvalue weighted by Gasteiger charge is -2.29. The van der Waals surface area contributed by atoms with E-state index in [0.29, 0.717) is 12.1 Å². The Bertz CT molecular complexity index is 177. The molecule has 2 rings (SSSR count). The highest BCUT2D eigenvalue weighted by Gasteiger charge is 2.21. The van der Waals surface area contributed by atoms with E-state index in [0.717, 1.165) is 12.5 Å². The molecule has 2 aliphatic rings. The zero-order chi connectivity index (χ0) is 10.5. The molecular weight excluding hydrogens is 186 g/mol. The van der Waals surface area contributed by atoms with Gasteiger partial charge in [-0.05, 0) is 38.0 Å². The van der Waals surface area contributed by atoms with Gasteiger partial charge in [-0.25, -0.2) is 0 Å². The smallest absolute Gasteiger partial charge is 0.0575 e. The van der Waals surface area contributed by atoms with Crippen molar-refractivity contribution in [2.75, 3.05) is 6.61 Å². The molecule has 2 aliphatic carbocycles. The molecule has 2 heteroatoms. The first kappa shape index (κ1) is 11.4. The van der Waals surface area contributed by atoms with Gasteiger partial charge in [-0.3, -0.25) is 0 Å². The summed E-state index contributed by atoms with van der Waals surface area (Å²) in [6.07, 6.45) is 12.3. The summed E-state index contributed by atoms with van der Waals surface area (Å²) in [7, 11) is 0. The Morgan fingerprint density at radius 2 is 1.73 bits per heavy atom. The Morgan fingerprint density at radius 3 is 2.47 bits per heavy atom. The van der Waals surface area contributed by atoms with Crippen LogP contribution in [0.2, 0.25) is 0 Å². The topological polar surface area (TPSA) is 35.2 Å². The minimum absolute atomic E-state index is 0.443. The summed E-state index contributed by atoms with van der Waals surface area (Å²) < 4.78 is 6.02. The van der Waals surface area contributed by atoms with Crippen molar-refractivity contribution in [3.8, 4) is 0 Å². The normalized spacial score (nSPS) is 34.2. The third-order valence-electron chi connectivity index (χ3n) is 3.94. The Morgan fingerprint density at radius 1 is 0.933 bits per heavy atom. The Kier molecular flexibility index (Phi) is 4.45. The zero-order valence-corrected chi connectivity index (χ0v) is 9.79. The molecule has 0 amide bonds. The molecule has 2 nitrogen and oxygen atoms in total. The van der Waals surface area contributed by atoms with Crippen LogP contribution in [0.25, 0.3) is 0 Å². The van der Waals surface area contributed by atoms with Gasteiger partial charge in [0.2, 0.25) is 0 Å². The molecule has 0 saturated heterocycles. The lowest BCUT2D eigenvalue weighted by molar-refractivity contribution is -0.000213. The molecule has 0 aromatic heterocycles. The number of nitrogens with two attached hydrogens (primary N) is 1. The van der Waals surface area contributed by atoms with Gasteiger partial charge in [0.05, 0.1) is 6.10 Å². The van der Waals surface area contributed by atoms with Gasteiger partial charge in [-0.2, -0.15) is 0 Å². The monoisotopic (exact) mass is 211 g/mol. The molecule has 2 saturated carbocycles. The van der Waals surface area contributed by atoms with Crippen molar-refractivity contribution >= 4 is 0 Å². The van der Waals surface area contributed by atoms with Crippen LogP contribution in [0, 0.1) is 5.92 Å². The number of hydrogen-bond donors (Lipinski definition) is 1. The maximum Gasteiger partial charge on any atom is 0.0575 e. The molecule has 0 spiro atoms. The molecule has 2 atom stereocenters. The van der Waals surface area contributed by atoms with Crippen LogP contribution in [-0.4, -0.2) is 18.8 Å². The van der Waals surface area contributed by atoms with Crippen LogP contribution < -0.4 is 5.73 Å². The van der Waals surface area contributed by atoms with Crippen molar-refractivity contribution < 1.29 is 4.74 Å². The first-order valence-electron chi connectivity index (χ1n) is 6.72. The van der Waals surface area contributed by atoms with E-state index in [-0.39, 0.29) is 0 Å². The summed E-state index contributed by atoms with van der Waals surface area (Å²) in [5.74, 6) is 0.746. The van der Waals surface area contributed by atoms with Crippen molar-refractivity contribution in [2.24, 2.45) is 11.7 Å². The van der Waals surface area contributed by atoms with Gasteiger partial charge in [-0.15, -0.1) is 0 Å². The summed E-state index contributed by atoms with van der Waals surface area (Å²) in [6.45, 7) is 0.971. The van der Waals surface area contributed by atoms with Gasteiger partial charge in [0, 0.05) is 12.6 Å². The largest absolute Gasteiger partial charge is 0.378 e. The maximum atomic E-state index is 6.02. The van der Waals surface area contributed by atoms with Crippen molar-refractivity contribution in [3.05, 3.63) is 0 Å². The Hall–Kier alpha value is -0.0800. The van der Waals surface area contributed by atoms with Gasteiger partial charge < -0.3 is 10.5 Å². The molecular formula is C13H25NO. The predicted molar refractivity (Wildman–Crippen MR) is 62.8 cm³/mol. The third-order valence-corrected chi connectivity index (χ3v) is 3.94. The highest BCUT2D eigenvalue weighted by molar-refractivity contribution is 4.75. The van der Waals surface area contributed by atoms with Crippen molar-refractivity contribution in [2.45, 2.75) is 69.9 Å². The van der Waals surface area contributed by atoms with Crippen molar-refractivity contribution in [1.29, 1.82) is 0 Å². The minimum atomic E-state index is 0.443. The molecule has 15 heavy (non-hydrogen) atoms. The number of rotatable bonds is 3. The first-order chi connectivity index (χ1) is 7.34. The lowest BCUT2D eigenvalue weighted by atomic mass is 9.86. The van der Waals surface area contributed by atoms with Crippen LogP contribution in [-0.2, 0) is 4.74 Å². The predicted octanol–water partition coefficient (Wildman–Crippen LogP) is 2.85. The van der Waals surface area contributed by atoms with Crippen LogP contribution in [0.1, 0.15) is 57.8 Å². The van der Waals surface area contributed by atoms with Crippen LogP contribution in [0.3, 0.4) is 0 Å². The van der Waals surface area contributed by atoms with Gasteiger partial charge in [0.1, 0.15) is 0 Å². The van der Waals surface area contributed by atoms with Crippen LogP contribution in [0.4, 0.5) is 0 Å². The summed E-state index contributed by atoms with van der Waals surface area (Å²) in [5.41, 5.74) is 5.98. The van der Waals surface area contributed by atoms with Gasteiger partial charge in [-0.1, -0.05) is 25.7 Å². The molecule has 0 bridgehead atoms. The van der Waals surface area contributed by atoms with Gasteiger partial charge >= 0.3 is 0 Å². The minimum Gasteiger partial charge on any atom is -0.378 e. The van der Waals surface area contributed by atoms with E-state index in [9.17, 15) is 0 Å². The molecule has 0 aromatic carbocycles. The van der Waals surface area contributed by atoms with Crippen LogP contribution >= 0.6 is 0 Å². The van der Waals surface area contributed by atoms with E-state index < -0.39 is 0 Å². The molecule has 0 radical (unpaired) electrons. The summed E-state index contributed by atoms with van der Waals surface area (Å²) in [4.78, 5) is 0. The zero-order valence-electron chi connectivity index (χ0n) is 9.79. The molecule has 2 N–H and O–H groups in total. The number of hydrogen-bond acceptors (Lipinski definition) is 2. The average Bonchev–Trinajstić information content (AvgIpc) is 2.28. The van der Waals surface area contributed by atoms with Crippen LogP contribution in [0.5, 0.6) is 0 Å². The standard InChI is InChI=1S/C13H25NO/c14-12-6-4-5-11(9-12)10-15-13-7-2-1-3-8-13/h11-13H,1-10,14H2. The summed E-state index contributed by atoms with van der Waals surface area (Å²) in [5, 5.41) is 0. The average molecular weight is 211 g/mol. The first-order valence-corrected chi connectivity index (χ1v) is 6.72. The molecule has 88 valence electrons. The second-order valence-electron chi connectivity index (χ2n) is 5.39. The quantitative estimate of drug-likeness (QED) is 0.779. The maximum absolute atomic E-state index is 6.02. The summed E-state index contributed by atoms with van der Waals surface area (Å²) >= 11 is 0. The van der Waals surface area contributed by atoms with E-state index in [1.165, 1.54) is 57.8 Å². The lowest BCUT2D eigenvalue weighted by Crippen LogP contribution is -2.31. The van der Waals surface area contributed by atoms with E-state index >= 15 is 0 Å².